The Kier molecular flexibility index (Phi) is 4.88. The van der Waals surface area contributed by atoms with E-state index in [1.807, 2.05) is 29.6 Å². The minimum Gasteiger partial charge on any atom is -0.245 e. The van der Waals surface area contributed by atoms with E-state index in [1.165, 1.54) is 16.9 Å². The highest BCUT2D eigenvalue weighted by atomic mass is 32.2. The van der Waals surface area contributed by atoms with Crippen LogP contribution in [0.15, 0.2) is 70.9 Å². The third-order valence-corrected chi connectivity index (χ3v) is 6.13. The molecule has 3 aromatic rings. The molecule has 0 aliphatic rings. The van der Waals surface area contributed by atoms with Crippen molar-refractivity contribution in [3.8, 4) is 0 Å². The van der Waals surface area contributed by atoms with Crippen LogP contribution in [-0.2, 0) is 28.4 Å². The van der Waals surface area contributed by atoms with Gasteiger partial charge in [0.1, 0.15) is 0 Å². The lowest BCUT2D eigenvalue weighted by molar-refractivity contribution is 0.594. The zero-order chi connectivity index (χ0) is 16.1. The minimum atomic E-state index is -3.32. The molecule has 3 rings (SSSR count). The molecule has 0 fully saturated rings. The number of thiazole rings is 1. The Morgan fingerprint density at radius 3 is 2.22 bits per heavy atom. The van der Waals surface area contributed by atoms with Gasteiger partial charge in [0.15, 0.2) is 9.84 Å². The summed E-state index contributed by atoms with van der Waals surface area (Å²) in [6.07, 6.45) is 1.75. The fourth-order valence-electron chi connectivity index (χ4n) is 2.33. The number of aryl methyl sites for hydroxylation is 2. The molecular formula is C18H17NO2S2. The summed E-state index contributed by atoms with van der Waals surface area (Å²) < 4.78 is 24.7. The van der Waals surface area contributed by atoms with Crippen LogP contribution in [0.1, 0.15) is 16.3 Å². The molecule has 0 atom stereocenters. The van der Waals surface area contributed by atoms with Crippen molar-refractivity contribution in [2.75, 3.05) is 0 Å². The molecule has 3 nitrogen and oxygen atoms in total. The highest BCUT2D eigenvalue weighted by Gasteiger charge is 2.16. The summed E-state index contributed by atoms with van der Waals surface area (Å²) in [6.45, 7) is 0. The smallest absolute Gasteiger partial charge is 0.184 e. The molecule has 0 bridgehead atoms. The molecule has 1 heterocycles. The maximum atomic E-state index is 12.4. The van der Waals surface area contributed by atoms with Crippen molar-refractivity contribution in [1.82, 2.24) is 4.98 Å². The van der Waals surface area contributed by atoms with E-state index in [1.54, 1.807) is 24.3 Å². The van der Waals surface area contributed by atoms with Gasteiger partial charge in [0, 0.05) is 11.8 Å². The van der Waals surface area contributed by atoms with Crippen LogP contribution in [0.2, 0.25) is 0 Å². The Morgan fingerprint density at radius 2 is 1.52 bits per heavy atom. The molecule has 5 heteroatoms. The van der Waals surface area contributed by atoms with E-state index in [2.05, 4.69) is 17.1 Å². The van der Waals surface area contributed by atoms with Gasteiger partial charge in [-0.3, -0.25) is 0 Å². The molecule has 0 saturated carbocycles. The summed E-state index contributed by atoms with van der Waals surface area (Å²) >= 11 is 1.53. The summed E-state index contributed by atoms with van der Waals surface area (Å²) in [6, 6.07) is 18.8. The molecule has 0 saturated heterocycles. The zero-order valence-corrected chi connectivity index (χ0v) is 14.2. The molecule has 0 unspecified atom stereocenters. The average Bonchev–Trinajstić information content (AvgIpc) is 3.01. The fraction of sp³-hybridized carbons (Fsp3) is 0.167. The third-order valence-electron chi connectivity index (χ3n) is 3.51. The molecule has 1 aromatic heterocycles. The van der Waals surface area contributed by atoms with Crippen LogP contribution in [-0.4, -0.2) is 13.4 Å². The Hall–Kier alpha value is -1.98. The highest BCUT2D eigenvalue weighted by molar-refractivity contribution is 7.90. The quantitative estimate of drug-likeness (QED) is 0.682. The van der Waals surface area contributed by atoms with Crippen LogP contribution >= 0.6 is 11.3 Å². The Labute approximate surface area is 140 Å². The van der Waals surface area contributed by atoms with Crippen LogP contribution in [0.25, 0.3) is 0 Å². The van der Waals surface area contributed by atoms with E-state index in [0.29, 0.717) is 10.6 Å². The Balaban J connectivity index is 1.65. The number of hydrogen-bond donors (Lipinski definition) is 0. The summed E-state index contributed by atoms with van der Waals surface area (Å²) in [7, 11) is -3.32. The summed E-state index contributed by atoms with van der Waals surface area (Å²) in [5.74, 6) is -0.0428. The van der Waals surface area contributed by atoms with Gasteiger partial charge in [-0.25, -0.2) is 13.4 Å². The summed E-state index contributed by atoms with van der Waals surface area (Å²) in [5, 5.41) is 2.83. The molecule has 2 aromatic carbocycles. The van der Waals surface area contributed by atoms with Crippen LogP contribution in [0, 0.1) is 0 Å². The first-order valence-electron chi connectivity index (χ1n) is 7.38. The van der Waals surface area contributed by atoms with E-state index in [0.717, 1.165) is 17.8 Å². The number of sulfone groups is 1. The molecule has 23 heavy (non-hydrogen) atoms. The number of aromatic nitrogens is 1. The monoisotopic (exact) mass is 343 g/mol. The van der Waals surface area contributed by atoms with Gasteiger partial charge in [-0.2, -0.15) is 0 Å². The van der Waals surface area contributed by atoms with E-state index in [-0.39, 0.29) is 5.75 Å². The van der Waals surface area contributed by atoms with Crippen LogP contribution < -0.4 is 0 Å². The molecule has 0 aliphatic heterocycles. The van der Waals surface area contributed by atoms with Gasteiger partial charge in [0.05, 0.1) is 21.3 Å². The fourth-order valence-corrected chi connectivity index (χ4v) is 4.51. The lowest BCUT2D eigenvalue weighted by atomic mass is 10.1. The van der Waals surface area contributed by atoms with Crippen molar-refractivity contribution in [3.63, 3.8) is 0 Å². The predicted octanol–water partition coefficient (Wildman–Crippen LogP) is 3.90. The molecule has 0 amide bonds. The van der Waals surface area contributed by atoms with Gasteiger partial charge in [0.25, 0.3) is 0 Å². The molecule has 0 aliphatic carbocycles. The predicted molar refractivity (Wildman–Crippen MR) is 93.3 cm³/mol. The van der Waals surface area contributed by atoms with Crippen molar-refractivity contribution in [3.05, 3.63) is 82.3 Å². The maximum Gasteiger partial charge on any atom is 0.184 e. The van der Waals surface area contributed by atoms with Crippen molar-refractivity contribution < 1.29 is 8.42 Å². The topological polar surface area (TPSA) is 47.0 Å². The van der Waals surface area contributed by atoms with E-state index >= 15 is 0 Å². The normalized spacial score (nSPS) is 11.5. The van der Waals surface area contributed by atoms with Gasteiger partial charge in [0.2, 0.25) is 0 Å². The van der Waals surface area contributed by atoms with Gasteiger partial charge in [-0.05, 0) is 24.1 Å². The van der Waals surface area contributed by atoms with E-state index in [9.17, 15) is 8.42 Å². The number of benzene rings is 2. The second-order valence-electron chi connectivity index (χ2n) is 5.29. The lowest BCUT2D eigenvalue weighted by Crippen LogP contribution is -2.05. The van der Waals surface area contributed by atoms with Crippen molar-refractivity contribution >= 4 is 21.2 Å². The second-order valence-corrected chi connectivity index (χ2v) is 8.22. The summed E-state index contributed by atoms with van der Waals surface area (Å²) in [5.41, 5.74) is 1.89. The number of nitrogens with zero attached hydrogens (tertiary/aromatic N) is 1. The van der Waals surface area contributed by atoms with Crippen molar-refractivity contribution in [2.45, 2.75) is 23.5 Å². The van der Waals surface area contributed by atoms with Crippen LogP contribution in [0.5, 0.6) is 0 Å². The van der Waals surface area contributed by atoms with Crippen molar-refractivity contribution in [1.29, 1.82) is 0 Å². The Bertz CT molecular complexity index is 856. The first-order chi connectivity index (χ1) is 11.1. The largest absolute Gasteiger partial charge is 0.245 e. The molecular weight excluding hydrogens is 326 g/mol. The number of rotatable bonds is 6. The highest BCUT2D eigenvalue weighted by Crippen LogP contribution is 2.19. The first-order valence-corrected chi connectivity index (χ1v) is 9.92. The molecule has 118 valence electrons. The molecule has 0 radical (unpaired) electrons. The van der Waals surface area contributed by atoms with Crippen LogP contribution in [0.4, 0.5) is 0 Å². The van der Waals surface area contributed by atoms with Gasteiger partial charge < -0.3 is 0 Å². The first kappa shape index (κ1) is 15.9. The second kappa shape index (κ2) is 7.06. The van der Waals surface area contributed by atoms with E-state index < -0.39 is 9.84 Å². The average molecular weight is 343 g/mol. The molecule has 0 N–H and O–H groups in total. The van der Waals surface area contributed by atoms with Crippen LogP contribution in [0.3, 0.4) is 0 Å². The van der Waals surface area contributed by atoms with Gasteiger partial charge in [-0.1, -0.05) is 48.5 Å². The maximum absolute atomic E-state index is 12.4. The Morgan fingerprint density at radius 1 is 0.870 bits per heavy atom. The van der Waals surface area contributed by atoms with Gasteiger partial charge >= 0.3 is 0 Å². The minimum absolute atomic E-state index is 0.0428. The standard InChI is InChI=1S/C18H17NO2S2/c20-23(21,17-9-5-2-6-10-17)14-16-13-22-18(19-16)12-11-15-7-3-1-4-8-15/h1-10,13H,11-12,14H2. The van der Waals surface area contributed by atoms with E-state index in [4.69, 9.17) is 0 Å². The van der Waals surface area contributed by atoms with Crippen molar-refractivity contribution in [2.24, 2.45) is 0 Å². The lowest BCUT2D eigenvalue weighted by Gasteiger charge is -2.02. The zero-order valence-electron chi connectivity index (χ0n) is 12.6. The number of hydrogen-bond acceptors (Lipinski definition) is 4. The molecule has 0 spiro atoms. The third kappa shape index (κ3) is 4.27. The summed E-state index contributed by atoms with van der Waals surface area (Å²) in [4.78, 5) is 4.82. The SMILES string of the molecule is O=S(=O)(Cc1csc(CCc2ccccc2)n1)c1ccccc1. The van der Waals surface area contributed by atoms with Gasteiger partial charge in [-0.15, -0.1) is 11.3 Å².